The highest BCUT2D eigenvalue weighted by molar-refractivity contribution is 6.35. The maximum atomic E-state index is 15.2. The first-order valence-electron chi connectivity index (χ1n) is 9.76. The first-order chi connectivity index (χ1) is 15.3. The molecule has 4 N–H and O–H groups in total. The van der Waals surface area contributed by atoms with Crippen LogP contribution in [0.3, 0.4) is 0 Å². The Morgan fingerprint density at radius 1 is 1.38 bits per heavy atom. The van der Waals surface area contributed by atoms with Crippen molar-refractivity contribution < 1.29 is 23.8 Å². The Hall–Kier alpha value is -3.15. The number of aliphatic hydroxyl groups excluding tert-OH is 2. The molecule has 12 heteroatoms. The average Bonchev–Trinajstić information content (AvgIpc) is 3.11. The zero-order valence-corrected chi connectivity index (χ0v) is 17.3. The molecule has 5 rings (SSSR count). The monoisotopic (exact) mass is 462 g/mol. The average molecular weight is 463 g/mol. The first kappa shape index (κ1) is 20.7. The predicted molar refractivity (Wildman–Crippen MR) is 111 cm³/mol. The summed E-state index contributed by atoms with van der Waals surface area (Å²) in [5.41, 5.74) is 0.904. The van der Waals surface area contributed by atoms with Gasteiger partial charge in [0.1, 0.15) is 12.3 Å². The second-order valence-corrected chi connectivity index (χ2v) is 8.15. The lowest BCUT2D eigenvalue weighted by molar-refractivity contribution is -0.117. The van der Waals surface area contributed by atoms with Crippen molar-refractivity contribution in [1.82, 2.24) is 24.6 Å². The minimum absolute atomic E-state index is 0.181. The molecule has 0 bridgehead atoms. The maximum absolute atomic E-state index is 15.2. The third-order valence-corrected chi connectivity index (χ3v) is 5.83. The van der Waals surface area contributed by atoms with Gasteiger partial charge in [0.05, 0.1) is 46.8 Å². The lowest BCUT2D eigenvalue weighted by Crippen LogP contribution is -2.16. The van der Waals surface area contributed by atoms with Gasteiger partial charge in [-0.2, -0.15) is 5.10 Å². The molecule has 0 spiro atoms. The van der Waals surface area contributed by atoms with Gasteiger partial charge in [-0.1, -0.05) is 11.6 Å². The smallest absolute Gasteiger partial charge is 0.231 e. The molecule has 1 aliphatic rings. The standard InChI is InChI=1S/C20H17ClF2N6O3/c1-7(30)19(31)15-17(23)16(21)14(9-3-25-28-18(9)15)11-5-29-6-12(26-13(29)4-24-11)27-20(32)8-2-10(8)22/h3-8,10,19,30-31H,2H2,1H3,(H,25,28)(H,27,32)/t7-,8-,10+,19-/m1/s1. The predicted octanol–water partition coefficient (Wildman–Crippen LogP) is 2.78. The van der Waals surface area contributed by atoms with Crippen LogP contribution < -0.4 is 5.32 Å². The van der Waals surface area contributed by atoms with E-state index < -0.39 is 36.0 Å². The summed E-state index contributed by atoms with van der Waals surface area (Å²) in [5.74, 6) is -1.77. The number of amides is 1. The van der Waals surface area contributed by atoms with Gasteiger partial charge >= 0.3 is 0 Å². The number of benzene rings is 1. The minimum Gasteiger partial charge on any atom is -0.390 e. The van der Waals surface area contributed by atoms with E-state index in [0.29, 0.717) is 11.0 Å². The molecule has 32 heavy (non-hydrogen) atoms. The number of halogens is 3. The minimum atomic E-state index is -1.52. The highest BCUT2D eigenvalue weighted by Gasteiger charge is 2.43. The number of hydrogen-bond acceptors (Lipinski definition) is 6. The normalized spacial score (nSPS) is 19.9. The molecule has 0 radical (unpaired) electrons. The molecule has 1 saturated carbocycles. The third-order valence-electron chi connectivity index (χ3n) is 5.48. The van der Waals surface area contributed by atoms with Crippen LogP contribution in [0.2, 0.25) is 5.02 Å². The van der Waals surface area contributed by atoms with Crippen LogP contribution in [-0.4, -0.2) is 53.0 Å². The van der Waals surface area contributed by atoms with Crippen LogP contribution in [0.5, 0.6) is 0 Å². The number of H-pyrrole nitrogens is 1. The van der Waals surface area contributed by atoms with E-state index in [9.17, 15) is 19.4 Å². The Morgan fingerprint density at radius 2 is 2.12 bits per heavy atom. The van der Waals surface area contributed by atoms with Gasteiger partial charge in [0.25, 0.3) is 0 Å². The van der Waals surface area contributed by atoms with Gasteiger partial charge in [-0.05, 0) is 13.3 Å². The second-order valence-electron chi connectivity index (χ2n) is 7.77. The van der Waals surface area contributed by atoms with Crippen molar-refractivity contribution in [1.29, 1.82) is 0 Å². The van der Waals surface area contributed by atoms with Gasteiger partial charge in [-0.25, -0.2) is 13.8 Å². The quantitative estimate of drug-likeness (QED) is 0.361. The van der Waals surface area contributed by atoms with Crippen molar-refractivity contribution in [2.45, 2.75) is 31.7 Å². The molecule has 0 saturated heterocycles. The second kappa shape index (κ2) is 7.47. The summed E-state index contributed by atoms with van der Waals surface area (Å²) in [4.78, 5) is 20.5. The zero-order chi connectivity index (χ0) is 22.7. The molecule has 4 atom stereocenters. The molecule has 166 valence electrons. The van der Waals surface area contributed by atoms with E-state index in [2.05, 4.69) is 25.5 Å². The maximum Gasteiger partial charge on any atom is 0.231 e. The lowest BCUT2D eigenvalue weighted by Gasteiger charge is -2.18. The van der Waals surface area contributed by atoms with E-state index in [1.165, 1.54) is 25.5 Å². The number of aromatic amines is 1. The molecule has 1 amide bonds. The van der Waals surface area contributed by atoms with Crippen LogP contribution in [-0.2, 0) is 4.79 Å². The van der Waals surface area contributed by atoms with Crippen LogP contribution in [0.1, 0.15) is 25.0 Å². The van der Waals surface area contributed by atoms with Crippen molar-refractivity contribution in [3.63, 3.8) is 0 Å². The molecule has 0 aliphatic heterocycles. The summed E-state index contributed by atoms with van der Waals surface area (Å²) in [6.07, 6.45) is 2.23. The van der Waals surface area contributed by atoms with E-state index in [1.54, 1.807) is 10.6 Å². The van der Waals surface area contributed by atoms with Crippen molar-refractivity contribution in [3.05, 3.63) is 41.2 Å². The molecule has 4 aromatic rings. The molecular formula is C20H17ClF2N6O3. The number of fused-ring (bicyclic) bond motifs is 2. The van der Waals surface area contributed by atoms with Crippen LogP contribution in [0.15, 0.2) is 24.8 Å². The van der Waals surface area contributed by atoms with Crippen LogP contribution in [0.4, 0.5) is 14.6 Å². The number of rotatable bonds is 5. The summed E-state index contributed by atoms with van der Waals surface area (Å²) in [7, 11) is 0. The van der Waals surface area contributed by atoms with E-state index in [4.69, 9.17) is 11.6 Å². The number of alkyl halides is 1. The molecule has 3 aromatic heterocycles. The topological polar surface area (TPSA) is 128 Å². The molecule has 9 nitrogen and oxygen atoms in total. The van der Waals surface area contributed by atoms with Gasteiger partial charge in [-0.3, -0.25) is 14.9 Å². The molecule has 1 fully saturated rings. The van der Waals surface area contributed by atoms with Crippen molar-refractivity contribution >= 4 is 39.9 Å². The Labute approximate surface area is 184 Å². The van der Waals surface area contributed by atoms with Crippen LogP contribution in [0.25, 0.3) is 27.8 Å². The fourth-order valence-electron chi connectivity index (χ4n) is 3.65. The zero-order valence-electron chi connectivity index (χ0n) is 16.6. The van der Waals surface area contributed by atoms with Crippen molar-refractivity contribution in [3.8, 4) is 11.3 Å². The molecule has 1 aromatic carbocycles. The Bertz CT molecular complexity index is 1370. The Balaban J connectivity index is 1.58. The van der Waals surface area contributed by atoms with Gasteiger partial charge in [0.2, 0.25) is 5.91 Å². The first-order valence-corrected chi connectivity index (χ1v) is 10.1. The van der Waals surface area contributed by atoms with E-state index in [0.717, 1.165) is 0 Å². The molecular weight excluding hydrogens is 446 g/mol. The number of carbonyl (C=O) groups excluding carboxylic acids is 1. The van der Waals surface area contributed by atoms with Gasteiger partial charge in [0.15, 0.2) is 17.3 Å². The highest BCUT2D eigenvalue weighted by atomic mass is 35.5. The van der Waals surface area contributed by atoms with Crippen molar-refractivity contribution in [2.24, 2.45) is 5.92 Å². The summed E-state index contributed by atoms with van der Waals surface area (Å²) in [6.45, 7) is 1.33. The number of imidazole rings is 1. The number of nitrogens with zero attached hydrogens (tertiary/aromatic N) is 4. The summed E-state index contributed by atoms with van der Waals surface area (Å²) in [5, 5.41) is 29.3. The van der Waals surface area contributed by atoms with Crippen molar-refractivity contribution in [2.75, 3.05) is 5.32 Å². The highest BCUT2D eigenvalue weighted by Crippen LogP contribution is 2.41. The number of hydrogen-bond donors (Lipinski definition) is 4. The fraction of sp³-hybridized carbons (Fsp3) is 0.300. The number of aromatic nitrogens is 5. The lowest BCUT2D eigenvalue weighted by atomic mass is 9.97. The number of anilines is 1. The number of nitrogens with one attached hydrogen (secondary N) is 2. The van der Waals surface area contributed by atoms with Gasteiger partial charge in [-0.15, -0.1) is 0 Å². The van der Waals surface area contributed by atoms with Gasteiger partial charge < -0.3 is 19.9 Å². The largest absolute Gasteiger partial charge is 0.390 e. The third kappa shape index (κ3) is 3.29. The van der Waals surface area contributed by atoms with Gasteiger partial charge in [0, 0.05) is 22.7 Å². The Morgan fingerprint density at radius 3 is 2.81 bits per heavy atom. The summed E-state index contributed by atoms with van der Waals surface area (Å²) < 4.78 is 29.8. The van der Waals surface area contributed by atoms with E-state index in [-0.39, 0.29) is 39.6 Å². The SMILES string of the molecule is C[C@@H](O)[C@@H](O)c1c(F)c(Cl)c(-c2cn3cc(NC(=O)[C@@H]4C[C@@H]4F)nc3cn2)c2cn[nH]c12. The van der Waals surface area contributed by atoms with E-state index >= 15 is 4.39 Å². The van der Waals surface area contributed by atoms with Crippen LogP contribution in [0, 0.1) is 11.7 Å². The molecule has 3 heterocycles. The fourth-order valence-corrected chi connectivity index (χ4v) is 3.95. The Kier molecular flexibility index (Phi) is 4.84. The molecule has 0 unspecified atom stereocenters. The number of carbonyl (C=O) groups is 1. The summed E-state index contributed by atoms with van der Waals surface area (Å²) >= 11 is 6.33. The van der Waals surface area contributed by atoms with E-state index in [1.807, 2.05) is 0 Å². The number of aliphatic hydroxyl groups is 2. The van der Waals surface area contributed by atoms with Crippen LogP contribution >= 0.6 is 11.6 Å². The summed E-state index contributed by atoms with van der Waals surface area (Å²) in [6, 6.07) is 0. The molecule has 1 aliphatic carbocycles.